The maximum atomic E-state index is 11.1. The minimum atomic E-state index is -4.28. The van der Waals surface area contributed by atoms with E-state index in [1.807, 2.05) is 19.9 Å². The van der Waals surface area contributed by atoms with Crippen molar-refractivity contribution in [2.75, 3.05) is 0 Å². The van der Waals surface area contributed by atoms with Crippen molar-refractivity contribution in [1.82, 2.24) is 0 Å². The van der Waals surface area contributed by atoms with E-state index in [2.05, 4.69) is 0 Å². The van der Waals surface area contributed by atoms with E-state index in [1.165, 1.54) is 24.3 Å². The van der Waals surface area contributed by atoms with E-state index >= 15 is 0 Å². The fourth-order valence-electron chi connectivity index (χ4n) is 2.50. The molecule has 8 heteroatoms. The standard InChI is InChI=1S/C17H19NO6S/c1-10-7-11(2)17(14(8-10)15(18)9-16(19)20)24-12-3-5-13(6-4-12)25(21,22)23/h3-8,15H,9,18H2,1-2H3,(H,19,20)(H,21,22,23). The molecule has 0 aliphatic heterocycles. The maximum Gasteiger partial charge on any atom is 0.305 e. The molecule has 0 aliphatic carbocycles. The average Bonchev–Trinajstić information content (AvgIpc) is 2.48. The number of carboxylic acid groups (broad SMARTS) is 1. The van der Waals surface area contributed by atoms with Gasteiger partial charge in [-0.2, -0.15) is 8.42 Å². The molecule has 0 saturated heterocycles. The molecule has 0 aliphatic rings. The van der Waals surface area contributed by atoms with Crippen LogP contribution in [0.15, 0.2) is 41.3 Å². The number of aryl methyl sites for hydroxylation is 2. The van der Waals surface area contributed by atoms with Gasteiger partial charge < -0.3 is 15.6 Å². The third-order valence-corrected chi connectivity index (χ3v) is 4.45. The molecule has 4 N–H and O–H groups in total. The lowest BCUT2D eigenvalue weighted by atomic mass is 9.98. The van der Waals surface area contributed by atoms with Crippen molar-refractivity contribution in [3.05, 3.63) is 53.1 Å². The van der Waals surface area contributed by atoms with Crippen molar-refractivity contribution < 1.29 is 27.6 Å². The monoisotopic (exact) mass is 365 g/mol. The first-order valence-electron chi connectivity index (χ1n) is 7.42. The number of hydrogen-bond donors (Lipinski definition) is 3. The molecule has 0 aromatic heterocycles. The molecule has 1 unspecified atom stereocenters. The lowest BCUT2D eigenvalue weighted by Crippen LogP contribution is -2.16. The number of carboxylic acids is 1. The van der Waals surface area contributed by atoms with Gasteiger partial charge in [-0.1, -0.05) is 17.7 Å². The zero-order valence-corrected chi connectivity index (χ0v) is 14.6. The summed E-state index contributed by atoms with van der Waals surface area (Å²) in [5, 5.41) is 8.97. The summed E-state index contributed by atoms with van der Waals surface area (Å²) in [6, 6.07) is 8.12. The van der Waals surface area contributed by atoms with Crippen LogP contribution in [0, 0.1) is 13.8 Å². The predicted octanol–water partition coefficient (Wildman–Crippen LogP) is 2.82. The Kier molecular flexibility index (Phi) is 5.46. The molecular formula is C17H19NO6S. The number of benzene rings is 2. The van der Waals surface area contributed by atoms with Crippen LogP contribution in [-0.2, 0) is 14.9 Å². The summed E-state index contributed by atoms with van der Waals surface area (Å²) in [4.78, 5) is 10.7. The van der Waals surface area contributed by atoms with Crippen LogP contribution in [0.2, 0.25) is 0 Å². The SMILES string of the molecule is Cc1cc(C)c(Oc2ccc(S(=O)(=O)O)cc2)c(C(N)CC(=O)O)c1. The van der Waals surface area contributed by atoms with Crippen LogP contribution >= 0.6 is 0 Å². The first-order valence-corrected chi connectivity index (χ1v) is 8.86. The van der Waals surface area contributed by atoms with E-state index in [9.17, 15) is 13.2 Å². The Hall–Kier alpha value is -2.42. The number of nitrogens with two attached hydrogens (primary N) is 1. The molecule has 134 valence electrons. The lowest BCUT2D eigenvalue weighted by Gasteiger charge is -2.19. The molecule has 2 rings (SSSR count). The lowest BCUT2D eigenvalue weighted by molar-refractivity contribution is -0.137. The third kappa shape index (κ3) is 4.79. The number of ether oxygens (including phenoxy) is 1. The van der Waals surface area contributed by atoms with Gasteiger partial charge in [0, 0.05) is 11.6 Å². The Morgan fingerprint density at radius 3 is 2.32 bits per heavy atom. The molecule has 0 spiro atoms. The second-order valence-electron chi connectivity index (χ2n) is 5.75. The van der Waals surface area contributed by atoms with Crippen LogP contribution in [0.1, 0.15) is 29.2 Å². The molecule has 2 aromatic carbocycles. The van der Waals surface area contributed by atoms with Crippen LogP contribution < -0.4 is 10.5 Å². The first kappa shape index (κ1) is 18.9. The zero-order valence-electron chi connectivity index (χ0n) is 13.8. The van der Waals surface area contributed by atoms with Gasteiger partial charge in [0.1, 0.15) is 11.5 Å². The molecule has 0 saturated carbocycles. The van der Waals surface area contributed by atoms with Gasteiger partial charge in [0.05, 0.1) is 11.3 Å². The Labute approximate surface area is 145 Å². The normalized spacial score (nSPS) is 12.6. The Balaban J connectivity index is 2.40. The van der Waals surface area contributed by atoms with Crippen molar-refractivity contribution >= 4 is 16.1 Å². The highest BCUT2D eigenvalue weighted by Gasteiger charge is 2.19. The molecule has 7 nitrogen and oxygen atoms in total. The minimum Gasteiger partial charge on any atom is -0.481 e. The van der Waals surface area contributed by atoms with Crippen molar-refractivity contribution in [2.24, 2.45) is 5.73 Å². The van der Waals surface area contributed by atoms with Gasteiger partial charge in [-0.3, -0.25) is 9.35 Å². The Bertz CT molecular complexity index is 890. The molecule has 25 heavy (non-hydrogen) atoms. The van der Waals surface area contributed by atoms with Gasteiger partial charge in [-0.25, -0.2) is 0 Å². The molecule has 0 amide bonds. The van der Waals surface area contributed by atoms with Gasteiger partial charge in [-0.15, -0.1) is 0 Å². The van der Waals surface area contributed by atoms with E-state index < -0.39 is 22.1 Å². The summed E-state index contributed by atoms with van der Waals surface area (Å²) < 4.78 is 37.0. The summed E-state index contributed by atoms with van der Waals surface area (Å²) in [6.07, 6.45) is -0.249. The first-order chi connectivity index (χ1) is 11.6. The highest BCUT2D eigenvalue weighted by molar-refractivity contribution is 7.85. The zero-order chi connectivity index (χ0) is 18.8. The number of hydrogen-bond acceptors (Lipinski definition) is 5. The number of aliphatic carboxylic acids is 1. The van der Waals surface area contributed by atoms with Crippen LogP contribution in [0.25, 0.3) is 0 Å². The fraction of sp³-hybridized carbons (Fsp3) is 0.235. The smallest absolute Gasteiger partial charge is 0.305 e. The molecule has 0 fully saturated rings. The molecule has 1 atom stereocenters. The van der Waals surface area contributed by atoms with Gasteiger partial charge >= 0.3 is 5.97 Å². The third-order valence-electron chi connectivity index (χ3n) is 3.58. The van der Waals surface area contributed by atoms with Crippen molar-refractivity contribution in [3.63, 3.8) is 0 Å². The fourth-order valence-corrected chi connectivity index (χ4v) is 2.98. The maximum absolute atomic E-state index is 11.1. The summed E-state index contributed by atoms with van der Waals surface area (Å²) >= 11 is 0. The van der Waals surface area contributed by atoms with Crippen molar-refractivity contribution in [1.29, 1.82) is 0 Å². The van der Waals surface area contributed by atoms with Gasteiger partial charge in [0.15, 0.2) is 0 Å². The van der Waals surface area contributed by atoms with Gasteiger partial charge in [0.25, 0.3) is 10.1 Å². The van der Waals surface area contributed by atoms with Crippen LogP contribution in [0.4, 0.5) is 0 Å². The molecule has 0 radical (unpaired) electrons. The summed E-state index contributed by atoms with van der Waals surface area (Å²) in [5.41, 5.74) is 8.24. The molecule has 0 bridgehead atoms. The predicted molar refractivity (Wildman–Crippen MR) is 91.4 cm³/mol. The van der Waals surface area contributed by atoms with E-state index in [0.29, 0.717) is 17.1 Å². The van der Waals surface area contributed by atoms with E-state index in [0.717, 1.165) is 11.1 Å². The van der Waals surface area contributed by atoms with Crippen LogP contribution in [0.5, 0.6) is 11.5 Å². The molecule has 0 heterocycles. The highest BCUT2D eigenvalue weighted by atomic mass is 32.2. The van der Waals surface area contributed by atoms with E-state index in [-0.39, 0.29) is 11.3 Å². The number of rotatable bonds is 6. The summed E-state index contributed by atoms with van der Waals surface area (Å²) in [5.74, 6) is -0.253. The second kappa shape index (κ2) is 7.22. The largest absolute Gasteiger partial charge is 0.481 e. The minimum absolute atomic E-state index is 0.247. The Morgan fingerprint density at radius 2 is 1.80 bits per heavy atom. The summed E-state index contributed by atoms with van der Waals surface area (Å²) in [6.45, 7) is 3.68. The van der Waals surface area contributed by atoms with E-state index in [4.69, 9.17) is 20.1 Å². The second-order valence-corrected chi connectivity index (χ2v) is 7.17. The van der Waals surface area contributed by atoms with E-state index in [1.54, 1.807) is 6.07 Å². The van der Waals surface area contributed by atoms with Crippen molar-refractivity contribution in [3.8, 4) is 11.5 Å². The average molecular weight is 365 g/mol. The topological polar surface area (TPSA) is 127 Å². The van der Waals surface area contributed by atoms with Crippen LogP contribution in [-0.4, -0.2) is 24.0 Å². The van der Waals surface area contributed by atoms with Gasteiger partial charge in [0.2, 0.25) is 0 Å². The van der Waals surface area contributed by atoms with Gasteiger partial charge in [-0.05, 0) is 43.7 Å². The summed E-state index contributed by atoms with van der Waals surface area (Å²) in [7, 11) is -4.28. The van der Waals surface area contributed by atoms with Crippen molar-refractivity contribution in [2.45, 2.75) is 31.2 Å². The van der Waals surface area contributed by atoms with Crippen LogP contribution in [0.3, 0.4) is 0 Å². The number of carbonyl (C=O) groups is 1. The molecular weight excluding hydrogens is 346 g/mol. The highest BCUT2D eigenvalue weighted by Crippen LogP contribution is 2.34. The quantitative estimate of drug-likeness (QED) is 0.672. The molecule has 2 aromatic rings. The Morgan fingerprint density at radius 1 is 1.20 bits per heavy atom.